The van der Waals surface area contributed by atoms with E-state index in [1.807, 2.05) is 17.8 Å². The van der Waals surface area contributed by atoms with Crippen LogP contribution in [0.1, 0.15) is 18.2 Å². The third-order valence-corrected chi connectivity index (χ3v) is 4.03. The number of aliphatic imine (C=N–C) groups is 1. The molecule has 0 bridgehead atoms. The molecule has 0 saturated heterocycles. The largest absolute Gasteiger partial charge is 0.357 e. The summed E-state index contributed by atoms with van der Waals surface area (Å²) in [5, 5.41) is 10.8. The number of rotatable bonds is 6. The van der Waals surface area contributed by atoms with Gasteiger partial charge in [-0.15, -0.1) is 11.8 Å². The first-order chi connectivity index (χ1) is 10.7. The Kier molecular flexibility index (Phi) is 6.33. The molecule has 1 heterocycles. The highest BCUT2D eigenvalue weighted by Gasteiger charge is 2.01. The van der Waals surface area contributed by atoms with Crippen molar-refractivity contribution in [2.75, 3.05) is 12.8 Å². The van der Waals surface area contributed by atoms with Gasteiger partial charge in [0.05, 0.1) is 18.8 Å². The average molecular weight is 317 g/mol. The lowest BCUT2D eigenvalue weighted by Gasteiger charge is -2.11. The van der Waals surface area contributed by atoms with E-state index in [4.69, 9.17) is 0 Å². The van der Waals surface area contributed by atoms with E-state index in [0.29, 0.717) is 13.1 Å². The normalized spacial score (nSPS) is 11.5. The van der Waals surface area contributed by atoms with E-state index >= 15 is 0 Å². The molecule has 0 amide bonds. The molecule has 0 aliphatic heterocycles. The van der Waals surface area contributed by atoms with Crippen LogP contribution in [0.4, 0.5) is 0 Å². The van der Waals surface area contributed by atoms with Gasteiger partial charge >= 0.3 is 0 Å². The Labute approximate surface area is 136 Å². The summed E-state index contributed by atoms with van der Waals surface area (Å²) in [4.78, 5) is 5.90. The maximum absolute atomic E-state index is 4.63. The first-order valence-electron chi connectivity index (χ1n) is 7.35. The predicted octanol–water partition coefficient (Wildman–Crippen LogP) is 2.40. The van der Waals surface area contributed by atoms with Crippen molar-refractivity contribution in [1.82, 2.24) is 20.4 Å². The summed E-state index contributed by atoms with van der Waals surface area (Å²) in [5.41, 5.74) is 2.32. The van der Waals surface area contributed by atoms with E-state index in [1.165, 1.54) is 10.5 Å². The second-order valence-electron chi connectivity index (χ2n) is 4.84. The number of aromatic nitrogens is 2. The molecular formula is C16H23N5S. The summed E-state index contributed by atoms with van der Waals surface area (Å²) < 4.78 is 1.86. The van der Waals surface area contributed by atoms with Gasteiger partial charge in [-0.3, -0.25) is 4.68 Å². The molecule has 0 spiro atoms. The maximum Gasteiger partial charge on any atom is 0.191 e. The molecule has 0 aliphatic carbocycles. The average Bonchev–Trinajstić information content (AvgIpc) is 2.96. The Balaban J connectivity index is 1.95. The molecule has 0 fully saturated rings. The van der Waals surface area contributed by atoms with E-state index < -0.39 is 0 Å². The van der Waals surface area contributed by atoms with Crippen molar-refractivity contribution in [1.29, 1.82) is 0 Å². The van der Waals surface area contributed by atoms with Crippen LogP contribution in [0.25, 0.3) is 0 Å². The van der Waals surface area contributed by atoms with Crippen molar-refractivity contribution >= 4 is 17.7 Å². The molecule has 0 atom stereocenters. The molecule has 2 N–H and O–H groups in total. The third-order valence-electron chi connectivity index (χ3n) is 3.28. The number of aryl methyl sites for hydroxylation is 1. The van der Waals surface area contributed by atoms with Crippen LogP contribution in [-0.2, 0) is 20.1 Å². The summed E-state index contributed by atoms with van der Waals surface area (Å²) in [6, 6.07) is 10.5. The quantitative estimate of drug-likeness (QED) is 0.488. The minimum Gasteiger partial charge on any atom is -0.357 e. The Morgan fingerprint density at radius 3 is 2.59 bits per heavy atom. The zero-order valence-electron chi connectivity index (χ0n) is 13.3. The van der Waals surface area contributed by atoms with E-state index in [0.717, 1.165) is 18.2 Å². The molecule has 0 saturated carbocycles. The predicted molar refractivity (Wildman–Crippen MR) is 93.1 cm³/mol. The molecular weight excluding hydrogens is 294 g/mol. The van der Waals surface area contributed by atoms with Crippen LogP contribution in [0.2, 0.25) is 0 Å². The minimum atomic E-state index is 0.662. The molecule has 6 heteroatoms. The van der Waals surface area contributed by atoms with Crippen LogP contribution in [-0.4, -0.2) is 28.5 Å². The van der Waals surface area contributed by atoms with Gasteiger partial charge in [0.1, 0.15) is 0 Å². The molecule has 5 nitrogen and oxygen atoms in total. The molecule has 118 valence electrons. The van der Waals surface area contributed by atoms with Crippen LogP contribution in [0.15, 0.2) is 46.4 Å². The smallest absolute Gasteiger partial charge is 0.191 e. The van der Waals surface area contributed by atoms with Gasteiger partial charge in [0.2, 0.25) is 0 Å². The van der Waals surface area contributed by atoms with Crippen LogP contribution in [0, 0.1) is 0 Å². The monoisotopic (exact) mass is 317 g/mol. The lowest BCUT2D eigenvalue weighted by atomic mass is 10.2. The van der Waals surface area contributed by atoms with Crippen LogP contribution in [0.3, 0.4) is 0 Å². The van der Waals surface area contributed by atoms with E-state index in [1.54, 1.807) is 18.0 Å². The van der Waals surface area contributed by atoms with E-state index in [2.05, 4.69) is 58.2 Å². The molecule has 2 aromatic rings. The summed E-state index contributed by atoms with van der Waals surface area (Å²) in [5.74, 6) is 0.817. The van der Waals surface area contributed by atoms with Crippen molar-refractivity contribution in [3.05, 3.63) is 47.8 Å². The topological polar surface area (TPSA) is 54.2 Å². The minimum absolute atomic E-state index is 0.662. The Morgan fingerprint density at radius 1 is 1.23 bits per heavy atom. The van der Waals surface area contributed by atoms with Gasteiger partial charge in [-0.2, -0.15) is 5.10 Å². The van der Waals surface area contributed by atoms with Crippen molar-refractivity contribution < 1.29 is 0 Å². The highest BCUT2D eigenvalue weighted by Crippen LogP contribution is 2.15. The molecule has 1 aromatic carbocycles. The number of guanidine groups is 1. The summed E-state index contributed by atoms with van der Waals surface area (Å²) in [6.45, 7) is 4.26. The SMILES string of the molecule is CCNC(=NCc1ccc(SC)cc1)NCc1ccnn1C. The Morgan fingerprint density at radius 2 is 2.00 bits per heavy atom. The number of benzene rings is 1. The first-order valence-corrected chi connectivity index (χ1v) is 8.57. The van der Waals surface area contributed by atoms with Gasteiger partial charge < -0.3 is 10.6 Å². The van der Waals surface area contributed by atoms with Crippen molar-refractivity contribution in [2.45, 2.75) is 24.9 Å². The zero-order chi connectivity index (χ0) is 15.8. The number of nitrogens with zero attached hydrogens (tertiary/aromatic N) is 3. The lowest BCUT2D eigenvalue weighted by Crippen LogP contribution is -2.37. The third kappa shape index (κ3) is 4.80. The highest BCUT2D eigenvalue weighted by atomic mass is 32.2. The molecule has 0 aliphatic rings. The Bertz CT molecular complexity index is 603. The van der Waals surface area contributed by atoms with Crippen LogP contribution in [0.5, 0.6) is 0 Å². The Hall–Kier alpha value is -1.95. The van der Waals surface area contributed by atoms with Gasteiger partial charge in [-0.1, -0.05) is 12.1 Å². The van der Waals surface area contributed by atoms with Gasteiger partial charge in [0.15, 0.2) is 5.96 Å². The van der Waals surface area contributed by atoms with Crippen molar-refractivity contribution in [2.24, 2.45) is 12.0 Å². The molecule has 2 rings (SSSR count). The van der Waals surface area contributed by atoms with Crippen LogP contribution < -0.4 is 10.6 Å². The fourth-order valence-electron chi connectivity index (χ4n) is 1.99. The van der Waals surface area contributed by atoms with Crippen molar-refractivity contribution in [3.8, 4) is 0 Å². The first kappa shape index (κ1) is 16.4. The summed E-state index contributed by atoms with van der Waals surface area (Å²) >= 11 is 1.75. The maximum atomic E-state index is 4.63. The summed E-state index contributed by atoms with van der Waals surface area (Å²) in [6.07, 6.45) is 3.88. The summed E-state index contributed by atoms with van der Waals surface area (Å²) in [7, 11) is 1.94. The molecule has 0 unspecified atom stereocenters. The fraction of sp³-hybridized carbons (Fsp3) is 0.375. The fourth-order valence-corrected chi connectivity index (χ4v) is 2.40. The van der Waals surface area contributed by atoms with E-state index in [9.17, 15) is 0 Å². The number of hydrogen-bond acceptors (Lipinski definition) is 3. The van der Waals surface area contributed by atoms with E-state index in [-0.39, 0.29) is 0 Å². The molecule has 22 heavy (non-hydrogen) atoms. The van der Waals surface area contributed by atoms with Crippen molar-refractivity contribution in [3.63, 3.8) is 0 Å². The zero-order valence-corrected chi connectivity index (χ0v) is 14.2. The highest BCUT2D eigenvalue weighted by molar-refractivity contribution is 7.98. The lowest BCUT2D eigenvalue weighted by molar-refractivity contribution is 0.685. The van der Waals surface area contributed by atoms with Gasteiger partial charge in [0, 0.05) is 24.7 Å². The van der Waals surface area contributed by atoms with Gasteiger partial charge in [-0.05, 0) is 36.9 Å². The van der Waals surface area contributed by atoms with Crippen LogP contribution >= 0.6 is 11.8 Å². The standard InChI is InChI=1S/C16H23N5S/c1-4-17-16(19-12-14-9-10-20-21(14)2)18-11-13-5-7-15(22-3)8-6-13/h5-10H,4,11-12H2,1-3H3,(H2,17,18,19). The second kappa shape index (κ2) is 8.48. The van der Waals surface area contributed by atoms with Gasteiger partial charge in [0.25, 0.3) is 0 Å². The number of nitrogens with one attached hydrogen (secondary N) is 2. The molecule has 1 aromatic heterocycles. The second-order valence-corrected chi connectivity index (χ2v) is 5.72. The van der Waals surface area contributed by atoms with Gasteiger partial charge in [-0.25, -0.2) is 4.99 Å². The molecule has 0 radical (unpaired) electrons. The number of thioether (sulfide) groups is 1. The number of hydrogen-bond donors (Lipinski definition) is 2.